The lowest BCUT2D eigenvalue weighted by Crippen LogP contribution is -2.20. The van der Waals surface area contributed by atoms with Gasteiger partial charge in [-0.05, 0) is 53.4 Å². The number of ether oxygens (including phenoxy) is 1. The van der Waals surface area contributed by atoms with Crippen molar-refractivity contribution < 1.29 is 4.74 Å². The summed E-state index contributed by atoms with van der Waals surface area (Å²) in [6.07, 6.45) is 5.43. The zero-order valence-electron chi connectivity index (χ0n) is 10.5. The van der Waals surface area contributed by atoms with E-state index in [4.69, 9.17) is 4.74 Å². The van der Waals surface area contributed by atoms with Crippen LogP contribution in [0.25, 0.3) is 0 Å². The van der Waals surface area contributed by atoms with Crippen molar-refractivity contribution in [2.45, 2.75) is 25.8 Å². The Balaban J connectivity index is 1.95. The smallest absolute Gasteiger partial charge is 0.313 e. The van der Waals surface area contributed by atoms with Crippen molar-refractivity contribution in [2.75, 3.05) is 0 Å². The Morgan fingerprint density at radius 1 is 1.42 bits per heavy atom. The Bertz CT molecular complexity index is 677. The molecule has 0 N–H and O–H groups in total. The summed E-state index contributed by atoms with van der Waals surface area (Å²) in [5.74, 6) is 0.725. The number of aryl methyl sites for hydroxylation is 1. The van der Waals surface area contributed by atoms with Crippen LogP contribution < -0.4 is 10.3 Å². The maximum absolute atomic E-state index is 12.2. The van der Waals surface area contributed by atoms with Crippen molar-refractivity contribution in [2.24, 2.45) is 0 Å². The van der Waals surface area contributed by atoms with Crippen molar-refractivity contribution in [1.29, 1.82) is 0 Å². The number of aromatic nitrogens is 2. The van der Waals surface area contributed by atoms with E-state index >= 15 is 0 Å². The number of hydrogen-bond acceptors (Lipinski definition) is 3. The van der Waals surface area contributed by atoms with Crippen LogP contribution >= 0.6 is 15.9 Å². The van der Waals surface area contributed by atoms with E-state index in [2.05, 4.69) is 20.9 Å². The third-order valence-corrected chi connectivity index (χ3v) is 3.69. The molecule has 1 aliphatic rings. The number of hydrogen-bond donors (Lipinski definition) is 0. The van der Waals surface area contributed by atoms with Gasteiger partial charge in [0.15, 0.2) is 0 Å². The first-order valence-corrected chi connectivity index (χ1v) is 6.95. The maximum Gasteiger partial charge on any atom is 0.313 e. The van der Waals surface area contributed by atoms with Crippen LogP contribution in [0.4, 0.5) is 0 Å². The minimum Gasteiger partial charge on any atom is -0.433 e. The average Bonchev–Trinajstić information content (AvgIpc) is 3.19. The van der Waals surface area contributed by atoms with Crippen LogP contribution in [0, 0.1) is 6.92 Å². The van der Waals surface area contributed by atoms with E-state index in [0.29, 0.717) is 11.8 Å². The van der Waals surface area contributed by atoms with E-state index in [9.17, 15) is 4.79 Å². The predicted molar refractivity (Wildman–Crippen MR) is 75.7 cm³/mol. The maximum atomic E-state index is 12.2. The van der Waals surface area contributed by atoms with Crippen molar-refractivity contribution >= 4 is 15.9 Å². The molecule has 1 saturated carbocycles. The highest BCUT2D eigenvalue weighted by Gasteiger charge is 2.25. The van der Waals surface area contributed by atoms with Gasteiger partial charge < -0.3 is 9.30 Å². The van der Waals surface area contributed by atoms with Gasteiger partial charge in [-0.25, -0.2) is 4.98 Å². The first-order valence-electron chi connectivity index (χ1n) is 6.16. The normalized spacial score (nSPS) is 14.4. The molecular formula is C14H13BrN2O2. The molecule has 1 fully saturated rings. The van der Waals surface area contributed by atoms with Crippen LogP contribution in [0.2, 0.25) is 0 Å². The molecule has 0 spiro atoms. The van der Waals surface area contributed by atoms with Crippen molar-refractivity contribution in [1.82, 2.24) is 9.55 Å². The monoisotopic (exact) mass is 320 g/mol. The van der Waals surface area contributed by atoms with Crippen molar-refractivity contribution in [3.05, 3.63) is 51.0 Å². The van der Waals surface area contributed by atoms with Crippen LogP contribution in [0.5, 0.6) is 11.6 Å². The lowest BCUT2D eigenvalue weighted by molar-refractivity contribution is 0.442. The van der Waals surface area contributed by atoms with Crippen LogP contribution in [0.3, 0.4) is 0 Å². The first-order chi connectivity index (χ1) is 9.15. The minimum absolute atomic E-state index is 0.124. The predicted octanol–water partition coefficient (Wildman–Crippen LogP) is 3.44. The van der Waals surface area contributed by atoms with Gasteiger partial charge in [-0.1, -0.05) is 6.07 Å². The van der Waals surface area contributed by atoms with E-state index < -0.39 is 0 Å². The summed E-state index contributed by atoms with van der Waals surface area (Å²) >= 11 is 3.43. The highest BCUT2D eigenvalue weighted by Crippen LogP contribution is 2.34. The third-order valence-electron chi connectivity index (χ3n) is 3.07. The fourth-order valence-electron chi connectivity index (χ4n) is 1.91. The molecule has 98 valence electrons. The number of nitrogens with zero attached hydrogens (tertiary/aromatic N) is 2. The zero-order chi connectivity index (χ0) is 13.4. The molecule has 0 bridgehead atoms. The molecule has 4 nitrogen and oxygen atoms in total. The molecule has 0 aliphatic heterocycles. The van der Waals surface area contributed by atoms with Crippen LogP contribution in [0.1, 0.15) is 24.4 Å². The van der Waals surface area contributed by atoms with Crippen molar-refractivity contribution in [3.63, 3.8) is 0 Å². The molecule has 0 unspecified atom stereocenters. The lowest BCUT2D eigenvalue weighted by Gasteiger charge is -2.09. The van der Waals surface area contributed by atoms with Gasteiger partial charge in [0.1, 0.15) is 5.75 Å². The van der Waals surface area contributed by atoms with Gasteiger partial charge in [-0.2, -0.15) is 0 Å². The molecule has 3 rings (SSSR count). The summed E-state index contributed by atoms with van der Waals surface area (Å²) in [6, 6.07) is 6.02. The molecule has 0 amide bonds. The second-order valence-corrected chi connectivity index (χ2v) is 5.57. The highest BCUT2D eigenvalue weighted by molar-refractivity contribution is 9.10. The average molecular weight is 321 g/mol. The van der Waals surface area contributed by atoms with Gasteiger partial charge in [0.2, 0.25) is 0 Å². The number of rotatable bonds is 3. The van der Waals surface area contributed by atoms with Crippen LogP contribution in [0.15, 0.2) is 39.9 Å². The SMILES string of the molecule is Cc1ccc(Oc2nccn(C3CC3)c2=O)c(Br)c1. The summed E-state index contributed by atoms with van der Waals surface area (Å²) < 4.78 is 8.14. The summed E-state index contributed by atoms with van der Waals surface area (Å²) in [4.78, 5) is 16.2. The van der Waals surface area contributed by atoms with Crippen molar-refractivity contribution in [3.8, 4) is 11.6 Å². The number of halogens is 1. The highest BCUT2D eigenvalue weighted by atomic mass is 79.9. The van der Waals surface area contributed by atoms with Gasteiger partial charge in [0.25, 0.3) is 5.88 Å². The lowest BCUT2D eigenvalue weighted by atomic mass is 10.2. The molecule has 5 heteroatoms. The summed E-state index contributed by atoms with van der Waals surface area (Å²) in [5, 5.41) is 0. The van der Waals surface area contributed by atoms with Gasteiger partial charge in [0.05, 0.1) is 4.47 Å². The molecule has 0 atom stereocenters. The molecule has 0 radical (unpaired) electrons. The quantitative estimate of drug-likeness (QED) is 0.870. The first kappa shape index (κ1) is 12.4. The molecule has 1 aromatic heterocycles. The van der Waals surface area contributed by atoms with Crippen LogP contribution in [-0.2, 0) is 0 Å². The molecule has 1 aliphatic carbocycles. The van der Waals surface area contributed by atoms with Gasteiger partial charge in [-0.15, -0.1) is 0 Å². The minimum atomic E-state index is -0.169. The Morgan fingerprint density at radius 3 is 2.89 bits per heavy atom. The Hall–Kier alpha value is -1.62. The van der Waals surface area contributed by atoms with Gasteiger partial charge >= 0.3 is 5.56 Å². The van der Waals surface area contributed by atoms with E-state index in [1.165, 1.54) is 0 Å². The number of benzene rings is 1. The van der Waals surface area contributed by atoms with E-state index in [0.717, 1.165) is 22.9 Å². The third kappa shape index (κ3) is 2.56. The Morgan fingerprint density at radius 2 is 2.21 bits per heavy atom. The second-order valence-electron chi connectivity index (χ2n) is 4.71. The fraction of sp³-hybridized carbons (Fsp3) is 0.286. The van der Waals surface area contributed by atoms with Gasteiger partial charge in [0, 0.05) is 18.4 Å². The topological polar surface area (TPSA) is 44.1 Å². The van der Waals surface area contributed by atoms with Gasteiger partial charge in [-0.3, -0.25) is 4.79 Å². The Kier molecular flexibility index (Phi) is 3.14. The summed E-state index contributed by atoms with van der Waals surface area (Å²) in [6.45, 7) is 2.00. The molecule has 1 heterocycles. The largest absolute Gasteiger partial charge is 0.433 e. The standard InChI is InChI=1S/C14H13BrN2O2/c1-9-2-5-12(11(15)8-9)19-13-14(18)17(7-6-16-13)10-3-4-10/h2,5-8,10H,3-4H2,1H3. The van der Waals surface area contributed by atoms with Crippen LogP contribution in [-0.4, -0.2) is 9.55 Å². The second kappa shape index (κ2) is 4.81. The molecule has 0 saturated heterocycles. The zero-order valence-corrected chi connectivity index (χ0v) is 12.1. The summed E-state index contributed by atoms with van der Waals surface area (Å²) in [5.41, 5.74) is 0.952. The Labute approximate surface area is 119 Å². The molecule has 1 aromatic carbocycles. The van der Waals surface area contributed by atoms with E-state index in [1.54, 1.807) is 17.0 Å². The fourth-order valence-corrected chi connectivity index (χ4v) is 2.48. The molecule has 2 aromatic rings. The molecular weight excluding hydrogens is 308 g/mol. The molecule has 19 heavy (non-hydrogen) atoms. The van der Waals surface area contributed by atoms with E-state index in [1.807, 2.05) is 25.1 Å². The van der Waals surface area contributed by atoms with E-state index in [-0.39, 0.29) is 11.4 Å². The summed E-state index contributed by atoms with van der Waals surface area (Å²) in [7, 11) is 0.